The normalized spacial score (nSPS) is 11.7. The molecule has 33 heavy (non-hydrogen) atoms. The van der Waals surface area contributed by atoms with Gasteiger partial charge in [-0.05, 0) is 59.7 Å². The fourth-order valence-electron chi connectivity index (χ4n) is 3.53. The monoisotopic (exact) mass is 506 g/mol. The van der Waals surface area contributed by atoms with Gasteiger partial charge < -0.3 is 0 Å². The maximum absolute atomic E-state index is 13.6. The number of rotatable bonds is 6. The van der Waals surface area contributed by atoms with Crippen LogP contribution in [0.25, 0.3) is 5.69 Å². The van der Waals surface area contributed by atoms with Gasteiger partial charge in [-0.3, -0.25) is 4.57 Å². The number of aromatic nitrogens is 2. The highest BCUT2D eigenvalue weighted by Gasteiger charge is 2.30. The standard InChI is InChI=1S/C25H19Cl2F3N2S/c1-25(2,16-4-9-19(26)20(27)12-16)23-13-31-24(32(23)18-7-5-17(28)6-8-18)33-14-15-3-10-21(29)22(30)11-15/h3-13H,14H2,1-2H3. The minimum Gasteiger partial charge on any atom is -0.291 e. The largest absolute Gasteiger partial charge is 0.291 e. The van der Waals surface area contributed by atoms with Crippen LogP contribution in [0.4, 0.5) is 13.2 Å². The second-order valence-electron chi connectivity index (χ2n) is 8.03. The molecule has 0 spiro atoms. The molecule has 3 aromatic carbocycles. The smallest absolute Gasteiger partial charge is 0.173 e. The van der Waals surface area contributed by atoms with Crippen LogP contribution in [0.1, 0.15) is 30.7 Å². The highest BCUT2D eigenvalue weighted by Crippen LogP contribution is 2.38. The molecule has 0 unspecified atom stereocenters. The van der Waals surface area contributed by atoms with Gasteiger partial charge in [0, 0.05) is 16.9 Å². The van der Waals surface area contributed by atoms with Crippen molar-refractivity contribution in [2.45, 2.75) is 30.2 Å². The van der Waals surface area contributed by atoms with Gasteiger partial charge in [0.15, 0.2) is 16.8 Å². The van der Waals surface area contributed by atoms with E-state index in [2.05, 4.69) is 4.98 Å². The van der Waals surface area contributed by atoms with Crippen molar-refractivity contribution >= 4 is 35.0 Å². The number of imidazole rings is 1. The van der Waals surface area contributed by atoms with E-state index in [0.29, 0.717) is 26.5 Å². The molecule has 4 rings (SSSR count). The predicted octanol–water partition coefficient (Wildman–Crippen LogP) is 8.21. The molecule has 4 aromatic rings. The van der Waals surface area contributed by atoms with Crippen LogP contribution < -0.4 is 0 Å². The molecule has 0 N–H and O–H groups in total. The van der Waals surface area contributed by atoms with E-state index in [4.69, 9.17) is 23.2 Å². The molecular formula is C25H19Cl2F3N2S. The molecule has 8 heteroatoms. The van der Waals surface area contributed by atoms with Crippen molar-refractivity contribution in [3.05, 3.63) is 111 Å². The first-order valence-corrected chi connectivity index (χ1v) is 11.8. The van der Waals surface area contributed by atoms with Crippen LogP contribution in [0.2, 0.25) is 10.0 Å². The van der Waals surface area contributed by atoms with Gasteiger partial charge in [-0.2, -0.15) is 0 Å². The number of thioether (sulfide) groups is 1. The first-order valence-electron chi connectivity index (χ1n) is 10.0. The van der Waals surface area contributed by atoms with Crippen molar-refractivity contribution in [2.24, 2.45) is 0 Å². The SMILES string of the molecule is CC(C)(c1ccc(Cl)c(Cl)c1)c1cnc(SCc2ccc(F)c(F)c2)n1-c1ccc(F)cc1. The molecule has 0 atom stereocenters. The van der Waals surface area contributed by atoms with E-state index in [1.54, 1.807) is 24.4 Å². The summed E-state index contributed by atoms with van der Waals surface area (Å²) in [4.78, 5) is 4.61. The van der Waals surface area contributed by atoms with E-state index in [1.165, 1.54) is 36.0 Å². The Morgan fingerprint density at radius 3 is 2.27 bits per heavy atom. The average Bonchev–Trinajstić information content (AvgIpc) is 3.22. The van der Waals surface area contributed by atoms with Crippen molar-refractivity contribution in [2.75, 3.05) is 0 Å². The lowest BCUT2D eigenvalue weighted by atomic mass is 9.81. The van der Waals surface area contributed by atoms with Crippen LogP contribution in [0.5, 0.6) is 0 Å². The summed E-state index contributed by atoms with van der Waals surface area (Å²) in [5.74, 6) is -1.75. The molecule has 0 saturated carbocycles. The Morgan fingerprint density at radius 1 is 0.879 bits per heavy atom. The van der Waals surface area contributed by atoms with E-state index in [-0.39, 0.29) is 5.82 Å². The van der Waals surface area contributed by atoms with Crippen LogP contribution in [0, 0.1) is 17.5 Å². The lowest BCUT2D eigenvalue weighted by molar-refractivity contribution is 0.507. The molecule has 0 radical (unpaired) electrons. The van der Waals surface area contributed by atoms with Crippen LogP contribution >= 0.6 is 35.0 Å². The van der Waals surface area contributed by atoms with Gasteiger partial charge in [0.05, 0.1) is 21.9 Å². The number of halogens is 5. The van der Waals surface area contributed by atoms with Gasteiger partial charge in [0.25, 0.3) is 0 Å². The topological polar surface area (TPSA) is 17.8 Å². The molecule has 0 aliphatic rings. The maximum atomic E-state index is 13.6. The summed E-state index contributed by atoms with van der Waals surface area (Å²) in [7, 11) is 0. The summed E-state index contributed by atoms with van der Waals surface area (Å²) >= 11 is 13.7. The highest BCUT2D eigenvalue weighted by atomic mass is 35.5. The fraction of sp³-hybridized carbons (Fsp3) is 0.160. The number of hydrogen-bond acceptors (Lipinski definition) is 2. The Morgan fingerprint density at radius 2 is 1.61 bits per heavy atom. The van der Waals surface area contributed by atoms with Crippen LogP contribution in [-0.2, 0) is 11.2 Å². The molecule has 0 fully saturated rings. The Kier molecular flexibility index (Phi) is 6.80. The van der Waals surface area contributed by atoms with Crippen molar-refractivity contribution in [1.82, 2.24) is 9.55 Å². The van der Waals surface area contributed by atoms with Crippen molar-refractivity contribution in [1.29, 1.82) is 0 Å². The lowest BCUT2D eigenvalue weighted by Gasteiger charge is -2.28. The highest BCUT2D eigenvalue weighted by molar-refractivity contribution is 7.98. The fourth-order valence-corrected chi connectivity index (χ4v) is 4.76. The third-order valence-electron chi connectivity index (χ3n) is 5.45. The number of nitrogens with zero attached hydrogens (tertiary/aromatic N) is 2. The van der Waals surface area contributed by atoms with Gasteiger partial charge in [-0.15, -0.1) is 0 Å². The van der Waals surface area contributed by atoms with E-state index < -0.39 is 17.0 Å². The van der Waals surface area contributed by atoms with E-state index >= 15 is 0 Å². The van der Waals surface area contributed by atoms with Crippen molar-refractivity contribution in [3.63, 3.8) is 0 Å². The Balaban J connectivity index is 1.77. The van der Waals surface area contributed by atoms with Crippen molar-refractivity contribution < 1.29 is 13.2 Å². The zero-order valence-electron chi connectivity index (χ0n) is 17.8. The zero-order valence-corrected chi connectivity index (χ0v) is 20.1. The summed E-state index contributed by atoms with van der Waals surface area (Å²) in [5, 5.41) is 1.54. The Bertz CT molecular complexity index is 1300. The molecule has 2 nitrogen and oxygen atoms in total. The molecular weight excluding hydrogens is 488 g/mol. The van der Waals surface area contributed by atoms with Gasteiger partial charge in [0.2, 0.25) is 0 Å². The molecule has 1 heterocycles. The van der Waals surface area contributed by atoms with Gasteiger partial charge in [0.1, 0.15) is 5.82 Å². The third-order valence-corrected chi connectivity index (χ3v) is 7.21. The maximum Gasteiger partial charge on any atom is 0.173 e. The molecule has 0 bridgehead atoms. The first kappa shape index (κ1) is 23.7. The Labute approximate surface area is 204 Å². The predicted molar refractivity (Wildman–Crippen MR) is 128 cm³/mol. The average molecular weight is 507 g/mol. The number of benzene rings is 3. The van der Waals surface area contributed by atoms with E-state index in [1.807, 2.05) is 30.5 Å². The zero-order chi connectivity index (χ0) is 23.8. The summed E-state index contributed by atoms with van der Waals surface area (Å²) < 4.78 is 42.5. The van der Waals surface area contributed by atoms with Crippen LogP contribution in [-0.4, -0.2) is 9.55 Å². The van der Waals surface area contributed by atoms with Crippen LogP contribution in [0.15, 0.2) is 72.0 Å². The minimum atomic E-state index is -0.892. The van der Waals surface area contributed by atoms with Crippen molar-refractivity contribution in [3.8, 4) is 5.69 Å². The van der Waals surface area contributed by atoms with Gasteiger partial charge in [-0.1, -0.05) is 60.9 Å². The van der Waals surface area contributed by atoms with Gasteiger partial charge >= 0.3 is 0 Å². The second-order valence-corrected chi connectivity index (χ2v) is 9.79. The Hall–Kier alpha value is -2.41. The molecule has 170 valence electrons. The van der Waals surface area contributed by atoms with Gasteiger partial charge in [-0.25, -0.2) is 18.2 Å². The number of hydrogen-bond donors (Lipinski definition) is 0. The summed E-state index contributed by atoms with van der Waals surface area (Å²) in [5.41, 5.74) is 2.59. The minimum absolute atomic E-state index is 0.347. The lowest BCUT2D eigenvalue weighted by Crippen LogP contribution is -2.23. The summed E-state index contributed by atoms with van der Waals surface area (Å²) in [6, 6.07) is 15.4. The van der Waals surface area contributed by atoms with Crippen LogP contribution in [0.3, 0.4) is 0 Å². The molecule has 0 aliphatic carbocycles. The summed E-state index contributed by atoms with van der Waals surface area (Å²) in [6.07, 6.45) is 1.76. The molecule has 1 aromatic heterocycles. The third kappa shape index (κ3) is 4.93. The molecule has 0 saturated heterocycles. The first-order chi connectivity index (χ1) is 15.7. The quantitative estimate of drug-likeness (QED) is 0.245. The summed E-state index contributed by atoms with van der Waals surface area (Å²) in [6.45, 7) is 4.07. The van der Waals surface area contributed by atoms with E-state index in [9.17, 15) is 13.2 Å². The second kappa shape index (κ2) is 9.45. The van der Waals surface area contributed by atoms with E-state index in [0.717, 1.165) is 23.0 Å². The molecule has 0 aliphatic heterocycles. The molecule has 0 amide bonds.